The topological polar surface area (TPSA) is 51.1 Å². The van der Waals surface area contributed by atoms with Gasteiger partial charge < -0.3 is 9.88 Å². The summed E-state index contributed by atoms with van der Waals surface area (Å²) in [5, 5.41) is 2.76. The SMILES string of the molecule is CC(C)CNC(=O)Cn1cccc(Br)c1=O. The Morgan fingerprint density at radius 1 is 1.56 bits per heavy atom. The van der Waals surface area contributed by atoms with Crippen LogP contribution in [0.25, 0.3) is 0 Å². The number of aromatic nitrogens is 1. The maximum atomic E-state index is 11.6. The minimum atomic E-state index is -0.192. The van der Waals surface area contributed by atoms with E-state index in [1.54, 1.807) is 18.3 Å². The summed E-state index contributed by atoms with van der Waals surface area (Å²) in [4.78, 5) is 23.1. The summed E-state index contributed by atoms with van der Waals surface area (Å²) in [6, 6.07) is 3.38. The molecule has 0 aliphatic heterocycles. The molecule has 1 rings (SSSR count). The van der Waals surface area contributed by atoms with Gasteiger partial charge in [-0.05, 0) is 34.0 Å². The van der Waals surface area contributed by atoms with Gasteiger partial charge in [0.05, 0.1) is 4.47 Å². The summed E-state index contributed by atoms with van der Waals surface area (Å²) < 4.78 is 1.84. The molecule has 0 bridgehead atoms. The fourth-order valence-electron chi connectivity index (χ4n) is 1.16. The van der Waals surface area contributed by atoms with Crippen molar-refractivity contribution >= 4 is 21.8 Å². The van der Waals surface area contributed by atoms with Gasteiger partial charge in [-0.1, -0.05) is 13.8 Å². The van der Waals surface area contributed by atoms with Gasteiger partial charge in [0.1, 0.15) is 6.54 Å². The average Bonchev–Trinajstić information content (AvgIpc) is 2.22. The zero-order chi connectivity index (χ0) is 12.1. The average molecular weight is 287 g/mol. The summed E-state index contributed by atoms with van der Waals surface area (Å²) in [7, 11) is 0. The molecule has 4 nitrogen and oxygen atoms in total. The van der Waals surface area contributed by atoms with E-state index in [1.165, 1.54) is 4.57 Å². The van der Waals surface area contributed by atoms with Gasteiger partial charge in [0.15, 0.2) is 0 Å². The van der Waals surface area contributed by atoms with E-state index in [2.05, 4.69) is 21.2 Å². The third-order valence-corrected chi connectivity index (χ3v) is 2.60. The van der Waals surface area contributed by atoms with Crippen LogP contribution in [-0.4, -0.2) is 17.0 Å². The second-order valence-electron chi connectivity index (χ2n) is 3.99. The molecule has 0 saturated carbocycles. The van der Waals surface area contributed by atoms with E-state index >= 15 is 0 Å². The molecule has 1 aromatic heterocycles. The van der Waals surface area contributed by atoms with Crippen molar-refractivity contribution in [2.24, 2.45) is 5.92 Å². The maximum absolute atomic E-state index is 11.6. The summed E-state index contributed by atoms with van der Waals surface area (Å²) in [5.41, 5.74) is -0.192. The Hall–Kier alpha value is -1.10. The molecule has 1 N–H and O–H groups in total. The van der Waals surface area contributed by atoms with Crippen LogP contribution in [0.4, 0.5) is 0 Å². The van der Waals surface area contributed by atoms with Crippen LogP contribution in [0.2, 0.25) is 0 Å². The molecule has 1 heterocycles. The lowest BCUT2D eigenvalue weighted by atomic mass is 10.2. The van der Waals surface area contributed by atoms with Crippen LogP contribution in [0.5, 0.6) is 0 Å². The lowest BCUT2D eigenvalue weighted by Crippen LogP contribution is -2.34. The van der Waals surface area contributed by atoms with E-state index in [0.717, 1.165) is 0 Å². The van der Waals surface area contributed by atoms with Gasteiger partial charge >= 0.3 is 0 Å². The quantitative estimate of drug-likeness (QED) is 0.909. The highest BCUT2D eigenvalue weighted by molar-refractivity contribution is 9.10. The molecule has 0 atom stereocenters. The van der Waals surface area contributed by atoms with Gasteiger partial charge in [-0.25, -0.2) is 0 Å². The predicted octanol–water partition coefficient (Wildman–Crippen LogP) is 1.38. The highest BCUT2D eigenvalue weighted by Gasteiger charge is 2.06. The first-order chi connectivity index (χ1) is 7.50. The summed E-state index contributed by atoms with van der Waals surface area (Å²) in [6.07, 6.45) is 1.60. The van der Waals surface area contributed by atoms with Crippen LogP contribution < -0.4 is 10.9 Å². The smallest absolute Gasteiger partial charge is 0.265 e. The third-order valence-electron chi connectivity index (χ3n) is 2.00. The number of carbonyl (C=O) groups excluding carboxylic acids is 1. The first kappa shape index (κ1) is 13.0. The van der Waals surface area contributed by atoms with Crippen molar-refractivity contribution in [3.63, 3.8) is 0 Å². The number of nitrogens with zero attached hydrogens (tertiary/aromatic N) is 1. The second-order valence-corrected chi connectivity index (χ2v) is 4.84. The van der Waals surface area contributed by atoms with E-state index in [9.17, 15) is 9.59 Å². The highest BCUT2D eigenvalue weighted by Crippen LogP contribution is 2.00. The minimum Gasteiger partial charge on any atom is -0.354 e. The van der Waals surface area contributed by atoms with Crippen molar-refractivity contribution in [1.29, 1.82) is 0 Å². The van der Waals surface area contributed by atoms with E-state index in [4.69, 9.17) is 0 Å². The molecule has 1 aromatic rings. The number of pyridine rings is 1. The molecule has 1 amide bonds. The number of nitrogens with one attached hydrogen (secondary N) is 1. The van der Waals surface area contributed by atoms with Crippen molar-refractivity contribution in [3.8, 4) is 0 Å². The standard InChI is InChI=1S/C11H15BrN2O2/c1-8(2)6-13-10(15)7-14-5-3-4-9(12)11(14)16/h3-5,8H,6-7H2,1-2H3,(H,13,15). The van der Waals surface area contributed by atoms with Crippen molar-refractivity contribution in [1.82, 2.24) is 9.88 Å². The van der Waals surface area contributed by atoms with E-state index in [1.807, 2.05) is 13.8 Å². The Bertz CT molecular complexity index is 426. The number of rotatable bonds is 4. The molecule has 88 valence electrons. The van der Waals surface area contributed by atoms with Crippen molar-refractivity contribution in [2.75, 3.05) is 6.54 Å². The van der Waals surface area contributed by atoms with Gasteiger partial charge in [0, 0.05) is 12.7 Å². The zero-order valence-corrected chi connectivity index (χ0v) is 11.0. The van der Waals surface area contributed by atoms with Crippen LogP contribution in [0.3, 0.4) is 0 Å². The Balaban J connectivity index is 2.63. The summed E-state index contributed by atoms with van der Waals surface area (Å²) >= 11 is 3.13. The third kappa shape index (κ3) is 3.81. The highest BCUT2D eigenvalue weighted by atomic mass is 79.9. The van der Waals surface area contributed by atoms with Gasteiger partial charge in [-0.15, -0.1) is 0 Å². The Kier molecular flexibility index (Phi) is 4.73. The first-order valence-corrected chi connectivity index (χ1v) is 5.91. The van der Waals surface area contributed by atoms with Crippen LogP contribution in [0.15, 0.2) is 27.6 Å². The molecule has 0 aliphatic rings. The van der Waals surface area contributed by atoms with Crippen LogP contribution in [-0.2, 0) is 11.3 Å². The van der Waals surface area contributed by atoms with Gasteiger partial charge in [0.2, 0.25) is 5.91 Å². The predicted molar refractivity (Wildman–Crippen MR) is 66.2 cm³/mol. The van der Waals surface area contributed by atoms with Gasteiger partial charge in [-0.3, -0.25) is 9.59 Å². The normalized spacial score (nSPS) is 10.5. The van der Waals surface area contributed by atoms with Crippen molar-refractivity contribution in [3.05, 3.63) is 33.2 Å². The molecular formula is C11H15BrN2O2. The summed E-state index contributed by atoms with van der Waals surface area (Å²) in [5.74, 6) is 0.261. The molecule has 0 saturated heterocycles. The molecule has 0 spiro atoms. The Labute approximate surface area is 103 Å². The summed E-state index contributed by atoms with van der Waals surface area (Å²) in [6.45, 7) is 4.73. The maximum Gasteiger partial charge on any atom is 0.265 e. The fourth-order valence-corrected chi connectivity index (χ4v) is 1.54. The molecular weight excluding hydrogens is 272 g/mol. The first-order valence-electron chi connectivity index (χ1n) is 5.12. The lowest BCUT2D eigenvalue weighted by Gasteiger charge is -2.09. The van der Waals surface area contributed by atoms with Gasteiger partial charge in [-0.2, -0.15) is 0 Å². The van der Waals surface area contributed by atoms with Crippen LogP contribution in [0.1, 0.15) is 13.8 Å². The molecule has 16 heavy (non-hydrogen) atoms. The van der Waals surface area contributed by atoms with Crippen LogP contribution >= 0.6 is 15.9 Å². The van der Waals surface area contributed by atoms with E-state index < -0.39 is 0 Å². The molecule has 0 radical (unpaired) electrons. The number of hydrogen-bond donors (Lipinski definition) is 1. The van der Waals surface area contributed by atoms with Crippen LogP contribution in [0, 0.1) is 5.92 Å². The zero-order valence-electron chi connectivity index (χ0n) is 9.37. The monoisotopic (exact) mass is 286 g/mol. The Morgan fingerprint density at radius 2 is 2.25 bits per heavy atom. The molecule has 0 aromatic carbocycles. The molecule has 0 aliphatic carbocycles. The second kappa shape index (κ2) is 5.84. The van der Waals surface area contributed by atoms with Gasteiger partial charge in [0.25, 0.3) is 5.56 Å². The molecule has 0 unspecified atom stereocenters. The minimum absolute atomic E-state index is 0.0605. The van der Waals surface area contributed by atoms with Crippen molar-refractivity contribution in [2.45, 2.75) is 20.4 Å². The van der Waals surface area contributed by atoms with E-state index in [0.29, 0.717) is 16.9 Å². The fraction of sp³-hybridized carbons (Fsp3) is 0.455. The van der Waals surface area contributed by atoms with E-state index in [-0.39, 0.29) is 18.0 Å². The largest absolute Gasteiger partial charge is 0.354 e. The number of amides is 1. The number of halogens is 1. The van der Waals surface area contributed by atoms with Crippen molar-refractivity contribution < 1.29 is 4.79 Å². The number of hydrogen-bond acceptors (Lipinski definition) is 2. The lowest BCUT2D eigenvalue weighted by molar-refractivity contribution is -0.121. The molecule has 0 fully saturated rings. The Morgan fingerprint density at radius 3 is 2.88 bits per heavy atom. The number of carbonyl (C=O) groups is 1. The molecule has 5 heteroatoms.